The predicted molar refractivity (Wildman–Crippen MR) is 96.1 cm³/mol. The van der Waals surface area contributed by atoms with Gasteiger partial charge in [0, 0.05) is 19.1 Å². The molecular weight excluding hydrogens is 356 g/mol. The maximum atomic E-state index is 13.1. The van der Waals surface area contributed by atoms with Crippen molar-refractivity contribution in [3.8, 4) is 0 Å². The number of ether oxygens (including phenoxy) is 1. The lowest BCUT2D eigenvalue weighted by Crippen LogP contribution is -2.58. The lowest BCUT2D eigenvalue weighted by molar-refractivity contribution is -0.171. The topological polar surface area (TPSA) is 84.0 Å². The minimum atomic E-state index is -3.08. The van der Waals surface area contributed by atoms with Crippen LogP contribution in [0.5, 0.6) is 0 Å². The van der Waals surface area contributed by atoms with Gasteiger partial charge in [0.05, 0.1) is 17.5 Å². The Balaban J connectivity index is 1.90. The Morgan fingerprint density at radius 2 is 1.77 bits per heavy atom. The number of carbonyl (C=O) groups excluding carboxylic acids is 2. The number of amides is 2. The van der Waals surface area contributed by atoms with Crippen molar-refractivity contribution in [1.29, 1.82) is 0 Å². The third-order valence-electron chi connectivity index (χ3n) is 4.86. The van der Waals surface area contributed by atoms with Crippen molar-refractivity contribution in [2.24, 2.45) is 0 Å². The Morgan fingerprint density at radius 3 is 2.35 bits per heavy atom. The van der Waals surface area contributed by atoms with Crippen molar-refractivity contribution < 1.29 is 22.7 Å². The van der Waals surface area contributed by atoms with E-state index in [9.17, 15) is 18.0 Å². The fraction of sp³-hybridized carbons (Fsp3) is 0.556. The number of carbonyl (C=O) groups is 2. The second kappa shape index (κ2) is 7.36. The summed E-state index contributed by atoms with van der Waals surface area (Å²) in [6.07, 6.45) is -0.835. The molecule has 2 atom stereocenters. The standard InChI is InChI=1S/C18H24N2O5S/c1-13(2)20-15(21)12-25-17(16(20)14-6-4-3-5-7-14)18(22)19-8-10-26(23,24)11-9-19/h3-7,13,16-17H,8-12H2,1-2H3. The highest BCUT2D eigenvalue weighted by molar-refractivity contribution is 7.91. The van der Waals surface area contributed by atoms with Crippen LogP contribution in [0.15, 0.2) is 30.3 Å². The molecule has 7 nitrogen and oxygen atoms in total. The summed E-state index contributed by atoms with van der Waals surface area (Å²) in [5.41, 5.74) is 0.831. The molecule has 0 bridgehead atoms. The highest BCUT2D eigenvalue weighted by Gasteiger charge is 2.44. The molecule has 0 saturated carbocycles. The van der Waals surface area contributed by atoms with Crippen molar-refractivity contribution >= 4 is 21.7 Å². The second-order valence-corrected chi connectivity index (χ2v) is 9.26. The van der Waals surface area contributed by atoms with Crippen molar-refractivity contribution in [1.82, 2.24) is 9.80 Å². The monoisotopic (exact) mass is 380 g/mol. The maximum Gasteiger partial charge on any atom is 0.254 e. The van der Waals surface area contributed by atoms with E-state index >= 15 is 0 Å². The molecule has 0 spiro atoms. The van der Waals surface area contributed by atoms with Crippen LogP contribution in [0.3, 0.4) is 0 Å². The zero-order valence-corrected chi connectivity index (χ0v) is 15.8. The molecule has 8 heteroatoms. The number of rotatable bonds is 3. The summed E-state index contributed by atoms with van der Waals surface area (Å²) < 4.78 is 29.0. The fourth-order valence-corrected chi connectivity index (χ4v) is 4.74. The molecule has 142 valence electrons. The van der Waals surface area contributed by atoms with E-state index in [-0.39, 0.29) is 49.1 Å². The molecule has 0 aliphatic carbocycles. The van der Waals surface area contributed by atoms with E-state index in [0.29, 0.717) is 0 Å². The van der Waals surface area contributed by atoms with Gasteiger partial charge in [-0.25, -0.2) is 8.42 Å². The van der Waals surface area contributed by atoms with Gasteiger partial charge in [0.1, 0.15) is 6.61 Å². The first-order valence-corrected chi connectivity index (χ1v) is 10.6. The van der Waals surface area contributed by atoms with Crippen LogP contribution >= 0.6 is 0 Å². The van der Waals surface area contributed by atoms with Gasteiger partial charge >= 0.3 is 0 Å². The lowest BCUT2D eigenvalue weighted by Gasteiger charge is -2.44. The summed E-state index contributed by atoms with van der Waals surface area (Å²) in [6.45, 7) is 4.00. The van der Waals surface area contributed by atoms with Crippen LogP contribution in [0.4, 0.5) is 0 Å². The smallest absolute Gasteiger partial charge is 0.254 e. The molecule has 26 heavy (non-hydrogen) atoms. The van der Waals surface area contributed by atoms with E-state index in [2.05, 4.69) is 0 Å². The molecule has 2 fully saturated rings. The van der Waals surface area contributed by atoms with Crippen molar-refractivity contribution in [3.63, 3.8) is 0 Å². The van der Waals surface area contributed by atoms with Crippen LogP contribution in [0.25, 0.3) is 0 Å². The third kappa shape index (κ3) is 3.76. The highest BCUT2D eigenvalue weighted by atomic mass is 32.2. The van der Waals surface area contributed by atoms with E-state index in [1.54, 1.807) is 4.90 Å². The van der Waals surface area contributed by atoms with Crippen LogP contribution in [-0.4, -0.2) is 73.4 Å². The number of benzene rings is 1. The van der Waals surface area contributed by atoms with Gasteiger partial charge in [-0.2, -0.15) is 0 Å². The summed E-state index contributed by atoms with van der Waals surface area (Å²) in [6, 6.07) is 8.74. The van der Waals surface area contributed by atoms with Crippen LogP contribution in [0.2, 0.25) is 0 Å². The molecule has 3 rings (SSSR count). The Kier molecular flexibility index (Phi) is 5.34. The van der Waals surface area contributed by atoms with Crippen LogP contribution in [-0.2, 0) is 24.2 Å². The first-order valence-electron chi connectivity index (χ1n) is 8.77. The van der Waals surface area contributed by atoms with Crippen molar-refractivity contribution in [2.45, 2.75) is 32.0 Å². The Labute approximate surface area is 153 Å². The highest BCUT2D eigenvalue weighted by Crippen LogP contribution is 2.33. The van der Waals surface area contributed by atoms with E-state index in [0.717, 1.165) is 5.56 Å². The average molecular weight is 380 g/mol. The van der Waals surface area contributed by atoms with E-state index in [1.165, 1.54) is 4.90 Å². The van der Waals surface area contributed by atoms with E-state index in [4.69, 9.17) is 4.74 Å². The summed E-state index contributed by atoms with van der Waals surface area (Å²) in [5.74, 6) is -0.478. The van der Waals surface area contributed by atoms with Crippen LogP contribution in [0, 0.1) is 0 Å². The summed E-state index contributed by atoms with van der Waals surface area (Å²) in [7, 11) is -3.08. The molecule has 1 aromatic rings. The second-order valence-electron chi connectivity index (χ2n) is 6.96. The molecule has 2 amide bonds. The zero-order valence-electron chi connectivity index (χ0n) is 15.0. The number of sulfone groups is 1. The van der Waals surface area contributed by atoms with Gasteiger partial charge in [0.2, 0.25) is 5.91 Å². The summed E-state index contributed by atoms with van der Waals surface area (Å²) in [4.78, 5) is 28.8. The molecule has 2 unspecified atom stereocenters. The molecule has 2 aliphatic heterocycles. The molecule has 2 saturated heterocycles. The fourth-order valence-electron chi connectivity index (χ4n) is 3.54. The maximum absolute atomic E-state index is 13.1. The third-order valence-corrected chi connectivity index (χ3v) is 6.47. The molecule has 2 heterocycles. The number of hydrogen-bond acceptors (Lipinski definition) is 5. The van der Waals surface area contributed by atoms with Gasteiger partial charge in [0.25, 0.3) is 5.91 Å². The van der Waals surface area contributed by atoms with E-state index < -0.39 is 22.0 Å². The molecule has 2 aliphatic rings. The first-order chi connectivity index (χ1) is 12.3. The zero-order chi connectivity index (χ0) is 18.9. The Morgan fingerprint density at radius 1 is 1.15 bits per heavy atom. The van der Waals surface area contributed by atoms with Gasteiger partial charge in [0.15, 0.2) is 15.9 Å². The Hall–Kier alpha value is -1.93. The largest absolute Gasteiger partial charge is 0.356 e. The van der Waals surface area contributed by atoms with Crippen LogP contribution in [0.1, 0.15) is 25.5 Å². The number of nitrogens with zero attached hydrogens (tertiary/aromatic N) is 2. The Bertz CT molecular complexity index is 764. The molecule has 0 radical (unpaired) electrons. The number of hydrogen-bond donors (Lipinski definition) is 0. The van der Waals surface area contributed by atoms with Gasteiger partial charge in [-0.15, -0.1) is 0 Å². The molecular formula is C18H24N2O5S. The quantitative estimate of drug-likeness (QED) is 0.768. The van der Waals surface area contributed by atoms with Gasteiger partial charge in [-0.05, 0) is 19.4 Å². The normalized spacial score (nSPS) is 26.2. The molecule has 1 aromatic carbocycles. The van der Waals surface area contributed by atoms with Gasteiger partial charge in [-0.3, -0.25) is 9.59 Å². The van der Waals surface area contributed by atoms with Crippen LogP contribution < -0.4 is 0 Å². The first kappa shape index (κ1) is 18.8. The predicted octanol–water partition coefficient (Wildman–Crippen LogP) is 0.621. The lowest BCUT2D eigenvalue weighted by atomic mass is 9.95. The minimum absolute atomic E-state index is 0.0334. The SMILES string of the molecule is CC(C)N1C(=O)COC(C(=O)N2CCS(=O)(=O)CC2)C1c1ccccc1. The average Bonchev–Trinajstić information content (AvgIpc) is 2.61. The summed E-state index contributed by atoms with van der Waals surface area (Å²) in [5, 5.41) is 0. The van der Waals surface area contributed by atoms with Crippen molar-refractivity contribution in [3.05, 3.63) is 35.9 Å². The van der Waals surface area contributed by atoms with Gasteiger partial charge < -0.3 is 14.5 Å². The summed E-state index contributed by atoms with van der Waals surface area (Å²) >= 11 is 0. The number of morpholine rings is 1. The van der Waals surface area contributed by atoms with E-state index in [1.807, 2.05) is 44.2 Å². The minimum Gasteiger partial charge on any atom is -0.356 e. The van der Waals surface area contributed by atoms with Crippen molar-refractivity contribution in [2.75, 3.05) is 31.2 Å². The van der Waals surface area contributed by atoms with Gasteiger partial charge in [-0.1, -0.05) is 30.3 Å². The molecule has 0 N–H and O–H groups in total. The molecule has 0 aromatic heterocycles.